The highest BCUT2D eigenvalue weighted by molar-refractivity contribution is 5.99. The number of furan rings is 1. The third-order valence-corrected chi connectivity index (χ3v) is 13.1. The molecule has 4 aromatic rings. The van der Waals surface area contributed by atoms with Crippen LogP contribution in [0, 0.1) is 5.92 Å². The molecule has 5 N–H and O–H groups in total. The van der Waals surface area contributed by atoms with Crippen LogP contribution in [0.3, 0.4) is 0 Å². The summed E-state index contributed by atoms with van der Waals surface area (Å²) in [6.07, 6.45) is 12.3. The number of H-pyrrole nitrogens is 1. The Hall–Kier alpha value is -3.65. The van der Waals surface area contributed by atoms with Crippen LogP contribution in [0.15, 0.2) is 53.1 Å². The van der Waals surface area contributed by atoms with Crippen LogP contribution in [-0.2, 0) is 6.61 Å². The van der Waals surface area contributed by atoms with E-state index < -0.39 is 0 Å². The van der Waals surface area contributed by atoms with Crippen molar-refractivity contribution in [1.82, 2.24) is 29.9 Å². The van der Waals surface area contributed by atoms with E-state index >= 15 is 0 Å². The van der Waals surface area contributed by atoms with Gasteiger partial charge in [-0.25, -0.2) is 0 Å². The Morgan fingerprint density at radius 2 is 1.64 bits per heavy atom. The van der Waals surface area contributed by atoms with Gasteiger partial charge >= 0.3 is 0 Å². The number of hydrogen-bond acceptors (Lipinski definition) is 10. The average molecular weight is 800 g/mol. The van der Waals surface area contributed by atoms with Gasteiger partial charge in [0.05, 0.1) is 19.5 Å². The summed E-state index contributed by atoms with van der Waals surface area (Å²) in [5.41, 5.74) is 9.12. The summed E-state index contributed by atoms with van der Waals surface area (Å²) in [5.74, 6) is 1.86. The van der Waals surface area contributed by atoms with Crippen LogP contribution in [0.25, 0.3) is 21.9 Å². The van der Waals surface area contributed by atoms with Gasteiger partial charge in [-0.05, 0) is 120 Å². The van der Waals surface area contributed by atoms with Gasteiger partial charge in [0.25, 0.3) is 5.91 Å². The Bertz CT molecular complexity index is 1870. The standard InChI is InChI=1S/C32H40N4O4.C14H29N3O/c1-38-25-9-10-31-26(19-25)23(22-40-31)21-39-30-8-6-7-28-27(30)20-29(34-28)32(37)33-24-11-15-36(16-12-24)18-17-35-13-4-2-3-5-14-35;1-11-9-17(8-5-14(11)18)12(2)10-16-6-3-13(15)4-7-16/h6-10,19-20,22,24,34H,2-5,11-18,21H2,1H3,(H,33,37);11-14,18H,3-10,15H2,1-2H3/t;11-,12-,14-/m.0/s1. The van der Waals surface area contributed by atoms with E-state index in [0.717, 1.165) is 123 Å². The quantitative estimate of drug-likeness (QED) is 0.134. The number of hydrogen-bond donors (Lipinski definition) is 4. The number of fused-ring (bicyclic) bond motifs is 2. The minimum Gasteiger partial charge on any atom is -0.497 e. The second-order valence-electron chi connectivity index (χ2n) is 17.5. The third kappa shape index (κ3) is 11.3. The zero-order valence-corrected chi connectivity index (χ0v) is 35.3. The van der Waals surface area contributed by atoms with Gasteiger partial charge in [-0.3, -0.25) is 9.69 Å². The highest BCUT2D eigenvalue weighted by atomic mass is 16.5. The molecule has 2 aromatic carbocycles. The number of aromatic amines is 1. The first-order valence-electron chi connectivity index (χ1n) is 22.2. The number of carbonyl (C=O) groups is 1. The molecule has 0 unspecified atom stereocenters. The van der Waals surface area contributed by atoms with E-state index in [1.165, 1.54) is 45.3 Å². The summed E-state index contributed by atoms with van der Waals surface area (Å²) in [4.78, 5) is 26.7. The molecule has 0 bridgehead atoms. The zero-order valence-electron chi connectivity index (χ0n) is 35.3. The molecule has 0 saturated carbocycles. The molecular weight excluding hydrogens is 731 g/mol. The van der Waals surface area contributed by atoms with Crippen molar-refractivity contribution in [3.63, 3.8) is 0 Å². The molecule has 58 heavy (non-hydrogen) atoms. The first-order chi connectivity index (χ1) is 28.2. The van der Waals surface area contributed by atoms with Gasteiger partial charge in [0.2, 0.25) is 0 Å². The number of nitrogens with two attached hydrogens (primary N) is 1. The van der Waals surface area contributed by atoms with Crippen LogP contribution in [0.1, 0.15) is 87.7 Å². The number of likely N-dealkylation sites (tertiary alicyclic amines) is 4. The van der Waals surface area contributed by atoms with Gasteiger partial charge in [0.1, 0.15) is 29.4 Å². The predicted octanol–water partition coefficient (Wildman–Crippen LogP) is 6.07. The molecule has 2 aromatic heterocycles. The van der Waals surface area contributed by atoms with Crippen molar-refractivity contribution < 1.29 is 23.8 Å². The zero-order chi connectivity index (χ0) is 40.4. The maximum Gasteiger partial charge on any atom is 0.267 e. The van der Waals surface area contributed by atoms with Crippen molar-refractivity contribution in [2.75, 3.05) is 79.1 Å². The monoisotopic (exact) mass is 800 g/mol. The van der Waals surface area contributed by atoms with Gasteiger partial charge in [-0.1, -0.05) is 25.8 Å². The fourth-order valence-electron chi connectivity index (χ4n) is 9.23. The highest BCUT2D eigenvalue weighted by Crippen LogP contribution is 2.30. The number of methoxy groups -OCH3 is 1. The summed E-state index contributed by atoms with van der Waals surface area (Å²) >= 11 is 0. The molecule has 3 atom stereocenters. The fraction of sp³-hybridized carbons (Fsp3) is 0.630. The molecule has 6 heterocycles. The van der Waals surface area contributed by atoms with E-state index in [4.69, 9.17) is 19.6 Å². The Kier molecular flexibility index (Phi) is 15.0. The van der Waals surface area contributed by atoms with Gasteiger partial charge in [0, 0.05) is 85.8 Å². The fourth-order valence-corrected chi connectivity index (χ4v) is 9.23. The van der Waals surface area contributed by atoms with Crippen LogP contribution < -0.4 is 20.5 Å². The molecule has 4 aliphatic rings. The topological polar surface area (TPSA) is 136 Å². The number of nitrogens with zero attached hydrogens (tertiary/aromatic N) is 4. The first-order valence-corrected chi connectivity index (χ1v) is 22.2. The molecule has 8 rings (SSSR count). The van der Waals surface area contributed by atoms with Gasteiger partial charge < -0.3 is 49.7 Å². The number of aliphatic hydroxyl groups excluding tert-OH is 1. The lowest BCUT2D eigenvalue weighted by atomic mass is 9.95. The molecule has 0 radical (unpaired) electrons. The largest absolute Gasteiger partial charge is 0.497 e. The van der Waals surface area contributed by atoms with E-state index in [-0.39, 0.29) is 18.1 Å². The van der Waals surface area contributed by atoms with Crippen LogP contribution in [-0.4, -0.2) is 139 Å². The van der Waals surface area contributed by atoms with E-state index in [0.29, 0.717) is 30.3 Å². The predicted molar refractivity (Wildman–Crippen MR) is 232 cm³/mol. The molecule has 318 valence electrons. The molecule has 12 nitrogen and oxygen atoms in total. The number of aliphatic hydroxyl groups is 1. The lowest BCUT2D eigenvalue weighted by Gasteiger charge is -2.41. The normalized spacial score (nSPS) is 23.0. The van der Waals surface area contributed by atoms with Crippen molar-refractivity contribution in [3.8, 4) is 11.5 Å². The number of nitrogens with one attached hydrogen (secondary N) is 2. The number of benzene rings is 2. The number of aromatic nitrogens is 1. The van der Waals surface area contributed by atoms with Crippen molar-refractivity contribution in [3.05, 3.63) is 60.0 Å². The Labute approximate surface area is 345 Å². The van der Waals surface area contributed by atoms with Gasteiger partial charge in [-0.2, -0.15) is 0 Å². The summed E-state index contributed by atoms with van der Waals surface area (Å²) in [6, 6.07) is 14.7. The highest BCUT2D eigenvalue weighted by Gasteiger charge is 2.29. The van der Waals surface area contributed by atoms with E-state index in [2.05, 4.69) is 43.7 Å². The summed E-state index contributed by atoms with van der Waals surface area (Å²) in [5, 5.41) is 14.9. The lowest BCUT2D eigenvalue weighted by Crippen LogP contribution is -2.51. The summed E-state index contributed by atoms with van der Waals surface area (Å²) in [6.45, 7) is 17.2. The molecule has 4 fully saturated rings. The van der Waals surface area contributed by atoms with E-state index in [1.807, 2.05) is 42.5 Å². The maximum absolute atomic E-state index is 13.2. The van der Waals surface area contributed by atoms with E-state index in [1.54, 1.807) is 13.4 Å². The smallest absolute Gasteiger partial charge is 0.267 e. The minimum absolute atomic E-state index is 0.0573. The first kappa shape index (κ1) is 42.5. The van der Waals surface area contributed by atoms with Gasteiger partial charge in [0.15, 0.2) is 0 Å². The van der Waals surface area contributed by atoms with Crippen LogP contribution in [0.5, 0.6) is 11.5 Å². The minimum atomic E-state index is -0.0959. The van der Waals surface area contributed by atoms with Crippen LogP contribution in [0.4, 0.5) is 0 Å². The summed E-state index contributed by atoms with van der Waals surface area (Å²) in [7, 11) is 1.65. The second kappa shape index (κ2) is 20.5. The molecule has 12 heteroatoms. The number of rotatable bonds is 12. The Morgan fingerprint density at radius 3 is 2.36 bits per heavy atom. The number of ether oxygens (including phenoxy) is 2. The third-order valence-electron chi connectivity index (χ3n) is 13.1. The van der Waals surface area contributed by atoms with Crippen LogP contribution in [0.2, 0.25) is 0 Å². The summed E-state index contributed by atoms with van der Waals surface area (Å²) < 4.78 is 17.3. The van der Waals surface area contributed by atoms with Crippen molar-refractivity contribution in [2.45, 2.75) is 102 Å². The van der Waals surface area contributed by atoms with E-state index in [9.17, 15) is 9.90 Å². The lowest BCUT2D eigenvalue weighted by molar-refractivity contribution is 0.0119. The van der Waals surface area contributed by atoms with Crippen molar-refractivity contribution in [1.29, 1.82) is 0 Å². The van der Waals surface area contributed by atoms with Crippen LogP contribution >= 0.6 is 0 Å². The average Bonchev–Trinajstić information content (AvgIpc) is 3.77. The molecule has 4 aliphatic heterocycles. The molecule has 0 aliphatic carbocycles. The Morgan fingerprint density at radius 1 is 0.914 bits per heavy atom. The molecule has 4 saturated heterocycles. The molecule has 1 amide bonds. The number of carbonyl (C=O) groups excluding carboxylic acids is 1. The Balaban J connectivity index is 0.000000238. The number of amides is 1. The SMILES string of the molecule is COc1ccc2occ(COc3cccc4[nH]c(C(=O)NC5CCN(CCN6CCCCCC6)CC5)cc34)c2c1.C[C@H]1CN([C@@H](C)CN2CCC(N)CC2)CC[C@@H]1O. The molecule has 0 spiro atoms. The van der Waals surface area contributed by atoms with Crippen molar-refractivity contribution >= 4 is 27.8 Å². The van der Waals surface area contributed by atoms with Crippen molar-refractivity contribution in [2.24, 2.45) is 11.7 Å². The second-order valence-corrected chi connectivity index (χ2v) is 17.5. The maximum atomic E-state index is 13.2. The van der Waals surface area contributed by atoms with Gasteiger partial charge in [-0.15, -0.1) is 0 Å². The molecular formula is C46H69N7O5. The number of piperidine rings is 3.